The first-order chi connectivity index (χ1) is 25.6. The molecule has 0 saturated carbocycles. The van der Waals surface area contributed by atoms with Crippen molar-refractivity contribution in [2.75, 3.05) is 71.3 Å². The number of hydrogen-bond acceptors (Lipinski definition) is 10. The summed E-state index contributed by atoms with van der Waals surface area (Å²) in [5.41, 5.74) is 0.120. The maximum Gasteiger partial charge on any atom is 0.408 e. The zero-order valence-corrected chi connectivity index (χ0v) is 32.5. The maximum atomic E-state index is 13.5. The second-order valence-corrected chi connectivity index (χ2v) is 14.6. The van der Waals surface area contributed by atoms with Crippen molar-refractivity contribution >= 4 is 35.6 Å². The molecule has 0 saturated heterocycles. The van der Waals surface area contributed by atoms with Crippen LogP contribution in [0.25, 0.3) is 0 Å². The van der Waals surface area contributed by atoms with Gasteiger partial charge in [-0.15, -0.1) is 0 Å². The normalized spacial score (nSPS) is 15.5. The van der Waals surface area contributed by atoms with Crippen molar-refractivity contribution < 1.29 is 42.9 Å². The molecule has 53 heavy (non-hydrogen) atoms. The van der Waals surface area contributed by atoms with Crippen LogP contribution in [0.15, 0.2) is 54.6 Å². The second-order valence-electron chi connectivity index (χ2n) is 13.6. The van der Waals surface area contributed by atoms with Crippen LogP contribution in [0.1, 0.15) is 58.4 Å². The number of thioether (sulfide) groups is 1. The number of nitrogens with one attached hydrogen (secondary N) is 3. The van der Waals surface area contributed by atoms with Gasteiger partial charge in [0.25, 0.3) is 0 Å². The van der Waals surface area contributed by atoms with Gasteiger partial charge in [-0.3, -0.25) is 14.4 Å². The average molecular weight is 759 g/mol. The number of amides is 4. The monoisotopic (exact) mass is 758 g/mol. The molecule has 0 fully saturated rings. The first-order valence-electron chi connectivity index (χ1n) is 18.4. The third-order valence-electron chi connectivity index (χ3n) is 8.08. The summed E-state index contributed by atoms with van der Waals surface area (Å²) in [5.74, 6) is 1.23. The molecule has 0 radical (unpaired) electrons. The lowest BCUT2D eigenvalue weighted by Crippen LogP contribution is -2.55. The van der Waals surface area contributed by atoms with E-state index in [-0.39, 0.29) is 18.2 Å². The van der Waals surface area contributed by atoms with Crippen molar-refractivity contribution in [1.82, 2.24) is 20.9 Å². The van der Waals surface area contributed by atoms with E-state index in [2.05, 4.69) is 16.0 Å². The summed E-state index contributed by atoms with van der Waals surface area (Å²) < 4.78 is 28.5. The van der Waals surface area contributed by atoms with Gasteiger partial charge in [0.2, 0.25) is 17.7 Å². The van der Waals surface area contributed by atoms with Crippen LogP contribution in [0.2, 0.25) is 0 Å². The fourth-order valence-corrected chi connectivity index (χ4v) is 5.85. The Kier molecular flexibility index (Phi) is 19.9. The predicted molar refractivity (Wildman–Crippen MR) is 205 cm³/mol. The number of rotatable bonds is 15. The quantitative estimate of drug-likeness (QED) is 0.223. The van der Waals surface area contributed by atoms with Gasteiger partial charge < -0.3 is 44.5 Å². The van der Waals surface area contributed by atoms with E-state index < -0.39 is 29.7 Å². The average Bonchev–Trinajstić information content (AvgIpc) is 3.13. The highest BCUT2D eigenvalue weighted by Crippen LogP contribution is 2.26. The van der Waals surface area contributed by atoms with Gasteiger partial charge in [0, 0.05) is 32.5 Å². The standard InChI is InChI=1S/C39H58N4O9S/c1-39(2,3)52-38(47)42-32(29-30-13-7-5-8-14-30)37(46)41-31(18-28-53-4)36(45)40-19-12-6-9-17-35(44)43-20-22-48-24-26-50-33-15-10-11-16-34(33)51-27-25-49-23-21-43/h5,7-8,10-11,13-16,31-32H,6,9,12,17-29H2,1-4H3,(H,40,45)(H,41,46)(H,42,47). The molecule has 2 aromatic rings. The minimum absolute atomic E-state index is 0.0235. The molecule has 1 aliphatic rings. The molecule has 3 rings (SSSR count). The SMILES string of the molecule is CSCCC(NC(=O)C(Cc1ccccc1)NC(=O)OC(C)(C)C)C(=O)NCCCCCC(=O)N1CCOCCOc2ccccc2OCCOCC1. The maximum absolute atomic E-state index is 13.5. The van der Waals surface area contributed by atoms with Crippen LogP contribution in [0.4, 0.5) is 4.79 Å². The number of ether oxygens (including phenoxy) is 5. The fourth-order valence-electron chi connectivity index (χ4n) is 5.38. The predicted octanol–water partition coefficient (Wildman–Crippen LogP) is 4.37. The molecule has 1 heterocycles. The summed E-state index contributed by atoms with van der Waals surface area (Å²) in [7, 11) is 0. The van der Waals surface area contributed by atoms with Crippen molar-refractivity contribution in [3.05, 3.63) is 60.2 Å². The van der Waals surface area contributed by atoms with Gasteiger partial charge in [0.1, 0.15) is 30.9 Å². The Labute approximate surface area is 318 Å². The van der Waals surface area contributed by atoms with Gasteiger partial charge in [0.05, 0.1) is 26.4 Å². The summed E-state index contributed by atoms with van der Waals surface area (Å²) >= 11 is 1.57. The smallest absolute Gasteiger partial charge is 0.408 e. The lowest BCUT2D eigenvalue weighted by Gasteiger charge is -2.25. The number of unbranched alkanes of at least 4 members (excludes halogenated alkanes) is 2. The van der Waals surface area contributed by atoms with Gasteiger partial charge in [-0.25, -0.2) is 4.79 Å². The van der Waals surface area contributed by atoms with Crippen LogP contribution < -0.4 is 25.4 Å². The molecule has 4 amide bonds. The first kappa shape index (κ1) is 43.4. The Morgan fingerprint density at radius 3 is 2.00 bits per heavy atom. The zero-order valence-electron chi connectivity index (χ0n) is 31.7. The van der Waals surface area contributed by atoms with Crippen molar-refractivity contribution in [2.45, 2.75) is 77.0 Å². The van der Waals surface area contributed by atoms with Crippen LogP contribution in [0.3, 0.4) is 0 Å². The highest BCUT2D eigenvalue weighted by molar-refractivity contribution is 7.98. The van der Waals surface area contributed by atoms with E-state index in [1.165, 1.54) is 0 Å². The molecule has 3 N–H and O–H groups in total. The van der Waals surface area contributed by atoms with E-state index in [0.29, 0.717) is 102 Å². The van der Waals surface area contributed by atoms with Crippen molar-refractivity contribution in [2.24, 2.45) is 0 Å². The van der Waals surface area contributed by atoms with Gasteiger partial charge in [-0.2, -0.15) is 11.8 Å². The van der Waals surface area contributed by atoms with Gasteiger partial charge >= 0.3 is 6.09 Å². The molecule has 294 valence electrons. The Morgan fingerprint density at radius 2 is 1.40 bits per heavy atom. The van der Waals surface area contributed by atoms with Crippen LogP contribution in [0, 0.1) is 0 Å². The molecular formula is C39H58N4O9S. The number of para-hydroxylation sites is 2. The fraction of sp³-hybridized carbons (Fsp3) is 0.590. The van der Waals surface area contributed by atoms with Crippen LogP contribution in [0.5, 0.6) is 11.5 Å². The van der Waals surface area contributed by atoms with E-state index in [4.69, 9.17) is 23.7 Å². The van der Waals surface area contributed by atoms with E-state index in [0.717, 1.165) is 12.0 Å². The highest BCUT2D eigenvalue weighted by Gasteiger charge is 2.28. The molecule has 0 aliphatic carbocycles. The lowest BCUT2D eigenvalue weighted by atomic mass is 10.0. The van der Waals surface area contributed by atoms with E-state index in [1.807, 2.05) is 60.9 Å². The number of carbonyl (C=O) groups is 4. The van der Waals surface area contributed by atoms with Crippen LogP contribution in [-0.4, -0.2) is 118 Å². The zero-order chi connectivity index (χ0) is 38.3. The second kappa shape index (κ2) is 24.3. The van der Waals surface area contributed by atoms with Gasteiger partial charge in [0.15, 0.2) is 11.5 Å². The molecule has 14 heteroatoms. The summed E-state index contributed by atoms with van der Waals surface area (Å²) in [6.45, 7) is 8.84. The van der Waals surface area contributed by atoms with E-state index >= 15 is 0 Å². The molecule has 0 spiro atoms. The van der Waals surface area contributed by atoms with E-state index in [9.17, 15) is 19.2 Å². The molecule has 0 bridgehead atoms. The molecule has 0 aromatic heterocycles. The van der Waals surface area contributed by atoms with Crippen molar-refractivity contribution in [1.29, 1.82) is 0 Å². The summed E-state index contributed by atoms with van der Waals surface area (Å²) in [6.07, 6.45) is 4.33. The number of carbonyl (C=O) groups excluding carboxylic acids is 4. The summed E-state index contributed by atoms with van der Waals surface area (Å²) in [6, 6.07) is 15.1. The Morgan fingerprint density at radius 1 is 0.774 bits per heavy atom. The van der Waals surface area contributed by atoms with E-state index in [1.54, 1.807) is 37.4 Å². The molecule has 2 unspecified atom stereocenters. The summed E-state index contributed by atoms with van der Waals surface area (Å²) in [5, 5.41) is 8.49. The largest absolute Gasteiger partial charge is 0.487 e. The molecule has 2 atom stereocenters. The Balaban J connectivity index is 1.43. The minimum atomic E-state index is -0.941. The third-order valence-corrected chi connectivity index (χ3v) is 8.73. The third kappa shape index (κ3) is 18.0. The first-order valence-corrected chi connectivity index (χ1v) is 19.8. The number of nitrogens with zero attached hydrogens (tertiary/aromatic N) is 1. The lowest BCUT2D eigenvalue weighted by molar-refractivity contribution is -0.133. The Bertz CT molecular complexity index is 1360. The van der Waals surface area contributed by atoms with Crippen molar-refractivity contribution in [3.63, 3.8) is 0 Å². The number of fused-ring (bicyclic) bond motifs is 1. The van der Waals surface area contributed by atoms with Crippen LogP contribution >= 0.6 is 11.8 Å². The topological polar surface area (TPSA) is 154 Å². The molecule has 13 nitrogen and oxygen atoms in total. The molecule has 1 aliphatic heterocycles. The Hall–Kier alpha value is -4.01. The number of hydrogen-bond donors (Lipinski definition) is 3. The van der Waals surface area contributed by atoms with Crippen molar-refractivity contribution in [3.8, 4) is 11.5 Å². The number of alkyl carbamates (subject to hydrolysis) is 1. The van der Waals surface area contributed by atoms with Gasteiger partial charge in [-0.1, -0.05) is 48.9 Å². The number of benzene rings is 2. The van der Waals surface area contributed by atoms with Gasteiger partial charge in [-0.05, 0) is 69.7 Å². The molecular weight excluding hydrogens is 701 g/mol. The van der Waals surface area contributed by atoms with Crippen LogP contribution in [-0.2, 0) is 35.0 Å². The molecule has 2 aromatic carbocycles. The summed E-state index contributed by atoms with van der Waals surface area (Å²) in [4.78, 5) is 54.2. The minimum Gasteiger partial charge on any atom is -0.487 e. The highest BCUT2D eigenvalue weighted by atomic mass is 32.2.